The number of rotatable bonds is 6. The molecule has 0 spiro atoms. The Bertz CT molecular complexity index is 847. The number of carbonyl (C=O) groups excluding carboxylic acids is 2. The van der Waals surface area contributed by atoms with Crippen LogP contribution in [0.1, 0.15) is 15.9 Å². The lowest BCUT2D eigenvalue weighted by molar-refractivity contribution is -0.384. The van der Waals surface area contributed by atoms with Gasteiger partial charge in [-0.1, -0.05) is 23.2 Å². The molecule has 8 heteroatoms. The molecule has 0 aliphatic rings. The first-order valence-corrected chi connectivity index (χ1v) is 7.70. The van der Waals surface area contributed by atoms with Crippen LogP contribution in [-0.2, 0) is 9.53 Å². The van der Waals surface area contributed by atoms with Gasteiger partial charge >= 0.3 is 5.97 Å². The first-order chi connectivity index (χ1) is 11.9. The Balaban J connectivity index is 1.91. The molecular formula is C17H11Cl2NO5. The molecule has 0 aromatic heterocycles. The van der Waals surface area contributed by atoms with Gasteiger partial charge in [0.15, 0.2) is 6.61 Å². The predicted molar refractivity (Wildman–Crippen MR) is 93.9 cm³/mol. The van der Waals surface area contributed by atoms with E-state index in [1.54, 1.807) is 0 Å². The fourth-order valence-electron chi connectivity index (χ4n) is 1.85. The molecule has 0 fully saturated rings. The maximum Gasteiger partial charge on any atom is 0.331 e. The van der Waals surface area contributed by atoms with E-state index in [-0.39, 0.29) is 16.3 Å². The number of Topliss-reactive ketones (excluding diaryl/α,β-unsaturated/α-hetero) is 1. The van der Waals surface area contributed by atoms with Gasteiger partial charge in [0.1, 0.15) is 0 Å². The van der Waals surface area contributed by atoms with Crippen molar-refractivity contribution in [1.82, 2.24) is 0 Å². The molecule has 0 atom stereocenters. The number of halogens is 2. The highest BCUT2D eigenvalue weighted by atomic mass is 35.5. The normalized spacial score (nSPS) is 10.6. The summed E-state index contributed by atoms with van der Waals surface area (Å²) in [5.41, 5.74) is 0.734. The van der Waals surface area contributed by atoms with Crippen LogP contribution in [0.4, 0.5) is 5.69 Å². The van der Waals surface area contributed by atoms with Gasteiger partial charge < -0.3 is 4.74 Å². The molecule has 0 aliphatic carbocycles. The minimum atomic E-state index is -0.725. The summed E-state index contributed by atoms with van der Waals surface area (Å²) in [6.07, 6.45) is 2.55. The topological polar surface area (TPSA) is 86.5 Å². The number of hydrogen-bond acceptors (Lipinski definition) is 5. The van der Waals surface area contributed by atoms with Crippen molar-refractivity contribution >= 4 is 46.7 Å². The number of nitrogens with zero attached hydrogens (tertiary/aromatic N) is 1. The lowest BCUT2D eigenvalue weighted by atomic mass is 10.1. The van der Waals surface area contributed by atoms with Crippen LogP contribution < -0.4 is 0 Å². The highest BCUT2D eigenvalue weighted by Gasteiger charge is 2.12. The second-order valence-corrected chi connectivity index (χ2v) is 5.68. The van der Waals surface area contributed by atoms with Crippen LogP contribution in [0.15, 0.2) is 48.5 Å². The minimum Gasteiger partial charge on any atom is -0.454 e. The van der Waals surface area contributed by atoms with Gasteiger partial charge in [0.2, 0.25) is 5.78 Å². The van der Waals surface area contributed by atoms with Crippen molar-refractivity contribution in [2.24, 2.45) is 0 Å². The quantitative estimate of drug-likeness (QED) is 0.245. The maximum absolute atomic E-state index is 12.0. The summed E-state index contributed by atoms with van der Waals surface area (Å²) in [5, 5.41) is 11.1. The van der Waals surface area contributed by atoms with Crippen molar-refractivity contribution in [3.05, 3.63) is 79.8 Å². The van der Waals surface area contributed by atoms with E-state index in [1.165, 1.54) is 48.5 Å². The predicted octanol–water partition coefficient (Wildman–Crippen LogP) is 4.34. The lowest BCUT2D eigenvalue weighted by Crippen LogP contribution is -2.13. The van der Waals surface area contributed by atoms with Crippen molar-refractivity contribution < 1.29 is 19.2 Å². The Morgan fingerprint density at radius 1 is 1.12 bits per heavy atom. The van der Waals surface area contributed by atoms with Gasteiger partial charge in [0.25, 0.3) is 5.69 Å². The summed E-state index contributed by atoms with van der Waals surface area (Å²) in [6, 6.07) is 9.99. The number of ether oxygens (including phenoxy) is 1. The smallest absolute Gasteiger partial charge is 0.331 e. The van der Waals surface area contributed by atoms with Crippen LogP contribution in [-0.4, -0.2) is 23.3 Å². The molecule has 2 rings (SSSR count). The van der Waals surface area contributed by atoms with E-state index in [4.69, 9.17) is 27.9 Å². The van der Waals surface area contributed by atoms with E-state index >= 15 is 0 Å². The maximum atomic E-state index is 12.0. The first kappa shape index (κ1) is 18.6. The third-order valence-electron chi connectivity index (χ3n) is 3.09. The molecule has 25 heavy (non-hydrogen) atoms. The Labute approximate surface area is 152 Å². The SMILES string of the molecule is O=C(/C=C/c1ccc([N+](=O)[O-])cc1)OCC(=O)c1ccc(Cl)cc1Cl. The van der Waals surface area contributed by atoms with E-state index in [2.05, 4.69) is 0 Å². The summed E-state index contributed by atoms with van der Waals surface area (Å²) in [6.45, 7) is -0.467. The van der Waals surface area contributed by atoms with Crippen molar-refractivity contribution in [2.45, 2.75) is 0 Å². The van der Waals surface area contributed by atoms with E-state index in [1.807, 2.05) is 0 Å². The fraction of sp³-hybridized carbons (Fsp3) is 0.0588. The number of hydrogen-bond donors (Lipinski definition) is 0. The summed E-state index contributed by atoms with van der Waals surface area (Å²) in [4.78, 5) is 33.6. The highest BCUT2D eigenvalue weighted by molar-refractivity contribution is 6.36. The molecule has 0 N–H and O–H groups in total. The molecule has 2 aromatic rings. The number of non-ortho nitro benzene ring substituents is 1. The zero-order chi connectivity index (χ0) is 18.4. The van der Waals surface area contributed by atoms with Gasteiger partial charge in [-0.2, -0.15) is 0 Å². The number of nitro benzene ring substituents is 1. The van der Waals surface area contributed by atoms with Gasteiger partial charge in [-0.3, -0.25) is 14.9 Å². The standard InChI is InChI=1S/C17H11Cl2NO5/c18-12-4-7-14(15(19)9-12)16(21)10-25-17(22)8-3-11-1-5-13(6-2-11)20(23)24/h1-9H,10H2/b8-3+. The van der Waals surface area contributed by atoms with Gasteiger partial charge in [-0.15, -0.1) is 0 Å². The number of carbonyl (C=O) groups is 2. The second kappa shape index (κ2) is 8.41. The number of nitro groups is 1. The Kier molecular flexibility index (Phi) is 6.27. The van der Waals surface area contributed by atoms with Crippen molar-refractivity contribution in [3.8, 4) is 0 Å². The summed E-state index contributed by atoms with van der Waals surface area (Å²) in [5.74, 6) is -1.18. The van der Waals surface area contributed by atoms with Crippen molar-refractivity contribution in [3.63, 3.8) is 0 Å². The van der Waals surface area contributed by atoms with Gasteiger partial charge in [0, 0.05) is 28.8 Å². The van der Waals surface area contributed by atoms with E-state index in [9.17, 15) is 19.7 Å². The molecular weight excluding hydrogens is 369 g/mol. The van der Waals surface area contributed by atoms with Crippen LogP contribution in [0.25, 0.3) is 6.08 Å². The molecule has 0 unspecified atom stereocenters. The van der Waals surface area contributed by atoms with Crippen LogP contribution >= 0.6 is 23.2 Å². The van der Waals surface area contributed by atoms with Gasteiger partial charge in [-0.25, -0.2) is 4.79 Å². The highest BCUT2D eigenvalue weighted by Crippen LogP contribution is 2.21. The molecule has 0 saturated heterocycles. The van der Waals surface area contributed by atoms with Crippen LogP contribution in [0.5, 0.6) is 0 Å². The molecule has 0 heterocycles. The molecule has 0 aliphatic heterocycles. The first-order valence-electron chi connectivity index (χ1n) is 6.94. The number of ketones is 1. The molecule has 0 bridgehead atoms. The molecule has 128 valence electrons. The Morgan fingerprint density at radius 3 is 2.40 bits per heavy atom. The molecule has 2 aromatic carbocycles. The molecule has 0 amide bonds. The van der Waals surface area contributed by atoms with E-state index < -0.39 is 23.3 Å². The largest absolute Gasteiger partial charge is 0.454 e. The number of esters is 1. The third-order valence-corrected chi connectivity index (χ3v) is 3.64. The van der Waals surface area contributed by atoms with Crippen LogP contribution in [0.3, 0.4) is 0 Å². The summed E-state index contributed by atoms with van der Waals surface area (Å²) >= 11 is 11.7. The van der Waals surface area contributed by atoms with Crippen molar-refractivity contribution in [1.29, 1.82) is 0 Å². The Hall–Kier alpha value is -2.70. The zero-order valence-electron chi connectivity index (χ0n) is 12.6. The molecule has 0 saturated carbocycles. The average Bonchev–Trinajstić information content (AvgIpc) is 2.58. The van der Waals surface area contributed by atoms with Gasteiger partial charge in [-0.05, 0) is 42.0 Å². The second-order valence-electron chi connectivity index (χ2n) is 4.84. The molecule has 6 nitrogen and oxygen atoms in total. The monoisotopic (exact) mass is 379 g/mol. The third kappa shape index (κ3) is 5.41. The lowest BCUT2D eigenvalue weighted by Gasteiger charge is -2.04. The fourth-order valence-corrected chi connectivity index (χ4v) is 2.36. The van der Waals surface area contributed by atoms with E-state index in [0.29, 0.717) is 10.6 Å². The van der Waals surface area contributed by atoms with Crippen LogP contribution in [0, 0.1) is 10.1 Å². The summed E-state index contributed by atoms with van der Waals surface area (Å²) < 4.78 is 4.85. The zero-order valence-corrected chi connectivity index (χ0v) is 14.2. The average molecular weight is 380 g/mol. The van der Waals surface area contributed by atoms with Crippen LogP contribution in [0.2, 0.25) is 10.0 Å². The Morgan fingerprint density at radius 2 is 1.80 bits per heavy atom. The van der Waals surface area contributed by atoms with E-state index in [0.717, 1.165) is 6.08 Å². The van der Waals surface area contributed by atoms with Crippen molar-refractivity contribution in [2.75, 3.05) is 6.61 Å². The molecule has 0 radical (unpaired) electrons. The minimum absolute atomic E-state index is 0.0508. The number of benzene rings is 2. The summed E-state index contributed by atoms with van der Waals surface area (Å²) in [7, 11) is 0. The van der Waals surface area contributed by atoms with Gasteiger partial charge in [0.05, 0.1) is 9.95 Å².